The normalized spacial score (nSPS) is 28.4. The minimum atomic E-state index is 0.399. The van der Waals surface area contributed by atoms with Crippen molar-refractivity contribution in [2.45, 2.75) is 50.7 Å². The van der Waals surface area contributed by atoms with E-state index in [1.807, 2.05) is 11.8 Å². The maximum absolute atomic E-state index is 12.4. The number of thioether (sulfide) groups is 1. The predicted octanol–water partition coefficient (Wildman–Crippen LogP) is 2.51. The molecule has 2 aliphatic heterocycles. The molecule has 2 atom stereocenters. The van der Waals surface area contributed by atoms with Crippen LogP contribution in [-0.2, 0) is 4.79 Å². The number of hydrogen-bond acceptors (Lipinski definition) is 3. The maximum atomic E-state index is 12.4. The Labute approximate surface area is 121 Å². The summed E-state index contributed by atoms with van der Waals surface area (Å²) in [5.41, 5.74) is 0. The third-order valence-electron chi connectivity index (χ3n) is 4.31. The maximum Gasteiger partial charge on any atom is 0.222 e. The lowest BCUT2D eigenvalue weighted by Crippen LogP contribution is -2.35. The fourth-order valence-electron chi connectivity index (χ4n) is 3.15. The van der Waals surface area contributed by atoms with Crippen molar-refractivity contribution in [1.82, 2.24) is 10.2 Å². The summed E-state index contributed by atoms with van der Waals surface area (Å²) in [4.78, 5) is 14.5. The van der Waals surface area contributed by atoms with Crippen molar-refractivity contribution in [2.75, 3.05) is 31.9 Å². The highest BCUT2D eigenvalue weighted by Crippen LogP contribution is 2.23. The molecular formula is C15H28N2OS. The smallest absolute Gasteiger partial charge is 0.222 e. The highest BCUT2D eigenvalue weighted by molar-refractivity contribution is 7.99. The molecular weight excluding hydrogens is 256 g/mol. The molecule has 4 heteroatoms. The third kappa shape index (κ3) is 4.99. The fourth-order valence-corrected chi connectivity index (χ4v) is 4.24. The lowest BCUT2D eigenvalue weighted by molar-refractivity contribution is -0.131. The number of amides is 1. The van der Waals surface area contributed by atoms with Gasteiger partial charge in [0.1, 0.15) is 0 Å². The van der Waals surface area contributed by atoms with Crippen molar-refractivity contribution in [3.63, 3.8) is 0 Å². The molecule has 0 radical (unpaired) electrons. The van der Waals surface area contributed by atoms with Crippen molar-refractivity contribution in [1.29, 1.82) is 0 Å². The van der Waals surface area contributed by atoms with Crippen LogP contribution in [0.3, 0.4) is 0 Å². The van der Waals surface area contributed by atoms with E-state index >= 15 is 0 Å². The highest BCUT2D eigenvalue weighted by atomic mass is 32.2. The first-order chi connectivity index (χ1) is 9.29. The molecule has 2 heterocycles. The van der Waals surface area contributed by atoms with Gasteiger partial charge in [-0.3, -0.25) is 4.79 Å². The zero-order valence-corrected chi connectivity index (χ0v) is 13.0. The molecule has 0 aromatic rings. The van der Waals surface area contributed by atoms with Crippen LogP contribution >= 0.6 is 11.8 Å². The first-order valence-corrected chi connectivity index (χ1v) is 8.94. The van der Waals surface area contributed by atoms with Crippen LogP contribution in [0.4, 0.5) is 0 Å². The van der Waals surface area contributed by atoms with E-state index in [2.05, 4.69) is 17.1 Å². The summed E-state index contributed by atoms with van der Waals surface area (Å²) in [6.07, 6.45) is 6.85. The number of likely N-dealkylation sites (tertiary alicyclic amines) is 1. The van der Waals surface area contributed by atoms with Crippen molar-refractivity contribution in [3.05, 3.63) is 0 Å². The van der Waals surface area contributed by atoms with Gasteiger partial charge in [-0.1, -0.05) is 13.3 Å². The van der Waals surface area contributed by atoms with E-state index in [0.29, 0.717) is 11.2 Å². The number of nitrogens with zero attached hydrogens (tertiary/aromatic N) is 1. The van der Waals surface area contributed by atoms with E-state index < -0.39 is 0 Å². The largest absolute Gasteiger partial charge is 0.342 e. The minimum Gasteiger partial charge on any atom is -0.342 e. The van der Waals surface area contributed by atoms with Crippen molar-refractivity contribution < 1.29 is 4.79 Å². The quantitative estimate of drug-likeness (QED) is 0.842. The summed E-state index contributed by atoms with van der Waals surface area (Å²) in [7, 11) is 0. The van der Waals surface area contributed by atoms with Crippen LogP contribution in [0.25, 0.3) is 0 Å². The summed E-state index contributed by atoms with van der Waals surface area (Å²) in [5.74, 6) is 2.30. The van der Waals surface area contributed by atoms with Crippen LogP contribution in [0, 0.1) is 5.92 Å². The van der Waals surface area contributed by atoms with Gasteiger partial charge in [0.25, 0.3) is 0 Å². The second kappa shape index (κ2) is 8.15. The van der Waals surface area contributed by atoms with Crippen LogP contribution in [-0.4, -0.2) is 48.0 Å². The Kier molecular flexibility index (Phi) is 6.51. The molecule has 0 saturated carbocycles. The van der Waals surface area contributed by atoms with E-state index in [0.717, 1.165) is 44.9 Å². The van der Waals surface area contributed by atoms with Gasteiger partial charge in [-0.05, 0) is 50.4 Å². The molecule has 19 heavy (non-hydrogen) atoms. The SMILES string of the molecule is CCSC1CCCCN(C(=O)CCC2CCNC2)C1. The Balaban J connectivity index is 1.75. The Morgan fingerprint density at radius 1 is 1.37 bits per heavy atom. The molecule has 1 N–H and O–H groups in total. The Morgan fingerprint density at radius 2 is 2.26 bits per heavy atom. The molecule has 2 saturated heterocycles. The second-order valence-electron chi connectivity index (χ2n) is 5.81. The number of hydrogen-bond donors (Lipinski definition) is 1. The van der Waals surface area contributed by atoms with Gasteiger partial charge in [0.2, 0.25) is 5.91 Å². The van der Waals surface area contributed by atoms with Gasteiger partial charge < -0.3 is 10.2 Å². The number of nitrogens with one attached hydrogen (secondary N) is 1. The summed E-state index contributed by atoms with van der Waals surface area (Å²) >= 11 is 2.03. The predicted molar refractivity (Wildman–Crippen MR) is 82.6 cm³/mol. The third-order valence-corrected chi connectivity index (χ3v) is 5.50. The Hall–Kier alpha value is -0.220. The van der Waals surface area contributed by atoms with Crippen molar-refractivity contribution in [2.24, 2.45) is 5.92 Å². The highest BCUT2D eigenvalue weighted by Gasteiger charge is 2.23. The fraction of sp³-hybridized carbons (Fsp3) is 0.933. The molecule has 2 aliphatic rings. The average Bonchev–Trinajstić information content (AvgIpc) is 2.82. The molecule has 0 aliphatic carbocycles. The molecule has 2 rings (SSSR count). The summed E-state index contributed by atoms with van der Waals surface area (Å²) in [6, 6.07) is 0. The van der Waals surface area contributed by atoms with Gasteiger partial charge >= 0.3 is 0 Å². The molecule has 2 fully saturated rings. The van der Waals surface area contributed by atoms with Crippen LogP contribution in [0.5, 0.6) is 0 Å². The Bertz CT molecular complexity index is 279. The van der Waals surface area contributed by atoms with E-state index in [1.54, 1.807) is 0 Å². The standard InChI is InChI=1S/C15H28N2OS/c1-2-19-14-5-3-4-10-17(12-14)15(18)7-6-13-8-9-16-11-13/h13-14,16H,2-12H2,1H3. The first kappa shape index (κ1) is 15.2. The average molecular weight is 284 g/mol. The minimum absolute atomic E-state index is 0.399. The Morgan fingerprint density at radius 3 is 3.00 bits per heavy atom. The zero-order valence-electron chi connectivity index (χ0n) is 12.2. The number of carbonyl (C=O) groups is 1. The van der Waals surface area contributed by atoms with E-state index in [4.69, 9.17) is 0 Å². The molecule has 1 amide bonds. The molecule has 110 valence electrons. The van der Waals surface area contributed by atoms with Crippen molar-refractivity contribution in [3.8, 4) is 0 Å². The van der Waals surface area contributed by atoms with Gasteiger partial charge in [0, 0.05) is 24.8 Å². The van der Waals surface area contributed by atoms with Gasteiger partial charge in [-0.25, -0.2) is 0 Å². The van der Waals surface area contributed by atoms with Crippen LogP contribution in [0.2, 0.25) is 0 Å². The molecule has 3 nitrogen and oxygen atoms in total. The van der Waals surface area contributed by atoms with Gasteiger partial charge in [-0.15, -0.1) is 0 Å². The summed E-state index contributed by atoms with van der Waals surface area (Å²) in [6.45, 7) is 6.44. The summed E-state index contributed by atoms with van der Waals surface area (Å²) < 4.78 is 0. The second-order valence-corrected chi connectivity index (χ2v) is 7.39. The van der Waals surface area contributed by atoms with E-state index in [1.165, 1.54) is 31.4 Å². The van der Waals surface area contributed by atoms with Crippen LogP contribution in [0.15, 0.2) is 0 Å². The number of carbonyl (C=O) groups excluding carboxylic acids is 1. The van der Waals surface area contributed by atoms with Crippen molar-refractivity contribution >= 4 is 17.7 Å². The molecule has 0 aromatic heterocycles. The van der Waals surface area contributed by atoms with E-state index in [-0.39, 0.29) is 0 Å². The molecule has 0 aromatic carbocycles. The van der Waals surface area contributed by atoms with Gasteiger partial charge in [0.15, 0.2) is 0 Å². The van der Waals surface area contributed by atoms with Crippen LogP contribution in [0.1, 0.15) is 45.4 Å². The summed E-state index contributed by atoms with van der Waals surface area (Å²) in [5, 5.41) is 4.05. The molecule has 0 spiro atoms. The van der Waals surface area contributed by atoms with E-state index in [9.17, 15) is 4.79 Å². The lowest BCUT2D eigenvalue weighted by Gasteiger charge is -2.24. The topological polar surface area (TPSA) is 32.3 Å². The molecule has 0 bridgehead atoms. The zero-order chi connectivity index (χ0) is 13.5. The van der Waals surface area contributed by atoms with Crippen LogP contribution < -0.4 is 5.32 Å². The van der Waals surface area contributed by atoms with Gasteiger partial charge in [-0.2, -0.15) is 11.8 Å². The monoisotopic (exact) mass is 284 g/mol. The molecule has 2 unspecified atom stereocenters. The number of rotatable bonds is 5. The lowest BCUT2D eigenvalue weighted by atomic mass is 10.0. The van der Waals surface area contributed by atoms with Gasteiger partial charge in [0.05, 0.1) is 0 Å². The first-order valence-electron chi connectivity index (χ1n) is 7.89.